The summed E-state index contributed by atoms with van der Waals surface area (Å²) in [7, 11) is 1.81. The van der Waals surface area contributed by atoms with E-state index in [2.05, 4.69) is 15.9 Å². The average molecular weight is 245 g/mol. The Bertz CT molecular complexity index is 266. The van der Waals surface area contributed by atoms with Crippen LogP contribution in [-0.2, 0) is 0 Å². The summed E-state index contributed by atoms with van der Waals surface area (Å²) in [5.74, 6) is 6.29. The molecule has 0 atom stereocenters. The van der Waals surface area contributed by atoms with Crippen LogP contribution in [0, 0.1) is 0 Å². The van der Waals surface area contributed by atoms with Crippen LogP contribution >= 0.6 is 15.9 Å². The predicted molar refractivity (Wildman–Crippen MR) is 56.5 cm³/mol. The lowest BCUT2D eigenvalue weighted by molar-refractivity contribution is 0.240. The lowest BCUT2D eigenvalue weighted by Crippen LogP contribution is -2.30. The van der Waals surface area contributed by atoms with Gasteiger partial charge in [-0.2, -0.15) is 0 Å². The number of rotatable bonds is 4. The Kier molecular flexibility index (Phi) is 4.21. The summed E-state index contributed by atoms with van der Waals surface area (Å²) in [5.41, 5.74) is 0. The van der Waals surface area contributed by atoms with Crippen molar-refractivity contribution in [1.82, 2.24) is 5.01 Å². The molecule has 0 spiro atoms. The van der Waals surface area contributed by atoms with Crippen LogP contribution in [0.2, 0.25) is 0 Å². The minimum absolute atomic E-state index is 0.593. The Morgan fingerprint density at radius 1 is 1.46 bits per heavy atom. The van der Waals surface area contributed by atoms with Gasteiger partial charge >= 0.3 is 0 Å². The molecule has 0 saturated heterocycles. The molecule has 0 bridgehead atoms. The molecule has 4 heteroatoms. The van der Waals surface area contributed by atoms with E-state index < -0.39 is 0 Å². The van der Waals surface area contributed by atoms with Gasteiger partial charge in [-0.3, -0.25) is 5.84 Å². The van der Waals surface area contributed by atoms with Crippen molar-refractivity contribution in [2.75, 3.05) is 20.2 Å². The number of hydrogen-bond donors (Lipinski definition) is 1. The molecule has 0 saturated carbocycles. The monoisotopic (exact) mass is 244 g/mol. The van der Waals surface area contributed by atoms with Crippen LogP contribution in [0.4, 0.5) is 0 Å². The van der Waals surface area contributed by atoms with Gasteiger partial charge in [-0.15, -0.1) is 0 Å². The summed E-state index contributed by atoms with van der Waals surface area (Å²) >= 11 is 3.39. The standard InChI is InChI=1S/C9H13BrN2O/c1-12(11)6-7-13-9-5-3-2-4-8(9)10/h2-5H,6-7,11H2,1H3. The summed E-state index contributed by atoms with van der Waals surface area (Å²) in [6.45, 7) is 1.30. The molecule has 0 heterocycles. The van der Waals surface area contributed by atoms with Crippen molar-refractivity contribution in [1.29, 1.82) is 0 Å². The van der Waals surface area contributed by atoms with Gasteiger partial charge in [0.25, 0.3) is 0 Å². The number of halogens is 1. The summed E-state index contributed by atoms with van der Waals surface area (Å²) in [6.07, 6.45) is 0. The first-order valence-electron chi connectivity index (χ1n) is 4.03. The first kappa shape index (κ1) is 10.5. The number of hydrazine groups is 1. The molecule has 13 heavy (non-hydrogen) atoms. The second-order valence-corrected chi connectivity index (χ2v) is 3.61. The molecule has 0 radical (unpaired) electrons. The first-order chi connectivity index (χ1) is 6.20. The molecule has 0 amide bonds. The van der Waals surface area contributed by atoms with Crippen LogP contribution < -0.4 is 10.6 Å². The van der Waals surface area contributed by atoms with E-state index in [1.165, 1.54) is 0 Å². The molecular formula is C9H13BrN2O. The van der Waals surface area contributed by atoms with Crippen molar-refractivity contribution >= 4 is 15.9 Å². The highest BCUT2D eigenvalue weighted by molar-refractivity contribution is 9.10. The summed E-state index contributed by atoms with van der Waals surface area (Å²) in [6, 6.07) is 7.75. The van der Waals surface area contributed by atoms with Crippen molar-refractivity contribution < 1.29 is 4.74 Å². The zero-order valence-electron chi connectivity index (χ0n) is 7.53. The molecule has 72 valence electrons. The number of likely N-dealkylation sites (N-methyl/N-ethyl adjacent to an activating group) is 1. The molecule has 0 fully saturated rings. The molecule has 1 aromatic carbocycles. The highest BCUT2D eigenvalue weighted by Gasteiger charge is 1.98. The fraction of sp³-hybridized carbons (Fsp3) is 0.333. The number of nitrogens with zero attached hydrogens (tertiary/aromatic N) is 1. The number of benzene rings is 1. The zero-order valence-corrected chi connectivity index (χ0v) is 9.12. The summed E-state index contributed by atoms with van der Waals surface area (Å²) < 4.78 is 6.45. The Morgan fingerprint density at radius 3 is 2.77 bits per heavy atom. The first-order valence-corrected chi connectivity index (χ1v) is 4.82. The van der Waals surface area contributed by atoms with Gasteiger partial charge in [0.1, 0.15) is 12.4 Å². The Hall–Kier alpha value is -0.580. The van der Waals surface area contributed by atoms with Gasteiger partial charge in [0.2, 0.25) is 0 Å². The van der Waals surface area contributed by atoms with Crippen LogP contribution in [0.3, 0.4) is 0 Å². The van der Waals surface area contributed by atoms with E-state index in [0.29, 0.717) is 13.2 Å². The van der Waals surface area contributed by atoms with Crippen molar-refractivity contribution in [2.24, 2.45) is 5.84 Å². The number of para-hydroxylation sites is 1. The Balaban J connectivity index is 2.41. The predicted octanol–water partition coefficient (Wildman–Crippen LogP) is 1.63. The Labute approximate surface area is 86.6 Å². The van der Waals surface area contributed by atoms with Gasteiger partial charge < -0.3 is 4.74 Å². The third-order valence-electron chi connectivity index (χ3n) is 1.54. The average Bonchev–Trinajstić information content (AvgIpc) is 2.08. The molecule has 0 aliphatic heterocycles. The highest BCUT2D eigenvalue weighted by atomic mass is 79.9. The van der Waals surface area contributed by atoms with Crippen molar-refractivity contribution in [3.63, 3.8) is 0 Å². The van der Waals surface area contributed by atoms with E-state index in [1.807, 2.05) is 31.3 Å². The minimum Gasteiger partial charge on any atom is -0.491 e. The molecular weight excluding hydrogens is 232 g/mol. The van der Waals surface area contributed by atoms with Crippen LogP contribution in [0.15, 0.2) is 28.7 Å². The van der Waals surface area contributed by atoms with Gasteiger partial charge in [0.05, 0.1) is 4.47 Å². The van der Waals surface area contributed by atoms with Crippen molar-refractivity contribution in [3.8, 4) is 5.75 Å². The van der Waals surface area contributed by atoms with E-state index in [9.17, 15) is 0 Å². The third kappa shape index (κ3) is 3.76. The van der Waals surface area contributed by atoms with E-state index >= 15 is 0 Å². The van der Waals surface area contributed by atoms with Gasteiger partial charge in [-0.25, -0.2) is 5.01 Å². The maximum Gasteiger partial charge on any atom is 0.133 e. The molecule has 3 nitrogen and oxygen atoms in total. The molecule has 0 aliphatic carbocycles. The molecule has 0 unspecified atom stereocenters. The molecule has 2 N–H and O–H groups in total. The molecule has 1 rings (SSSR count). The van der Waals surface area contributed by atoms with Gasteiger partial charge in [-0.1, -0.05) is 12.1 Å². The third-order valence-corrected chi connectivity index (χ3v) is 2.19. The normalized spacial score (nSPS) is 10.5. The lowest BCUT2D eigenvalue weighted by atomic mass is 10.3. The summed E-state index contributed by atoms with van der Waals surface area (Å²) in [5, 5.41) is 1.59. The highest BCUT2D eigenvalue weighted by Crippen LogP contribution is 2.23. The molecule has 1 aromatic rings. The lowest BCUT2D eigenvalue weighted by Gasteiger charge is -2.11. The van der Waals surface area contributed by atoms with Crippen LogP contribution in [0.5, 0.6) is 5.75 Å². The maximum absolute atomic E-state index is 5.48. The minimum atomic E-state index is 0.593. The van der Waals surface area contributed by atoms with Crippen molar-refractivity contribution in [3.05, 3.63) is 28.7 Å². The van der Waals surface area contributed by atoms with E-state index in [4.69, 9.17) is 10.6 Å². The number of hydrogen-bond acceptors (Lipinski definition) is 3. The number of nitrogens with two attached hydrogens (primary N) is 1. The van der Waals surface area contributed by atoms with Gasteiger partial charge in [0, 0.05) is 13.6 Å². The maximum atomic E-state index is 5.48. The topological polar surface area (TPSA) is 38.5 Å². The van der Waals surface area contributed by atoms with Crippen molar-refractivity contribution in [2.45, 2.75) is 0 Å². The molecule has 0 aliphatic rings. The zero-order chi connectivity index (χ0) is 9.68. The SMILES string of the molecule is CN(N)CCOc1ccccc1Br. The smallest absolute Gasteiger partial charge is 0.133 e. The largest absolute Gasteiger partial charge is 0.491 e. The summed E-state index contributed by atoms with van der Waals surface area (Å²) in [4.78, 5) is 0. The van der Waals surface area contributed by atoms with Crippen LogP contribution in [0.25, 0.3) is 0 Å². The second kappa shape index (κ2) is 5.21. The van der Waals surface area contributed by atoms with E-state index in [1.54, 1.807) is 5.01 Å². The fourth-order valence-corrected chi connectivity index (χ4v) is 1.26. The number of ether oxygens (including phenoxy) is 1. The second-order valence-electron chi connectivity index (χ2n) is 2.76. The molecule has 0 aromatic heterocycles. The van der Waals surface area contributed by atoms with E-state index in [-0.39, 0.29) is 0 Å². The van der Waals surface area contributed by atoms with Crippen LogP contribution in [-0.4, -0.2) is 25.2 Å². The fourth-order valence-electron chi connectivity index (χ4n) is 0.861. The quantitative estimate of drug-likeness (QED) is 0.647. The Morgan fingerprint density at radius 2 is 2.15 bits per heavy atom. The van der Waals surface area contributed by atoms with E-state index in [0.717, 1.165) is 10.2 Å². The van der Waals surface area contributed by atoms with Gasteiger partial charge in [-0.05, 0) is 28.1 Å². The van der Waals surface area contributed by atoms with Crippen LogP contribution in [0.1, 0.15) is 0 Å². The van der Waals surface area contributed by atoms with Gasteiger partial charge in [0.15, 0.2) is 0 Å².